The van der Waals surface area contributed by atoms with E-state index in [-0.39, 0.29) is 0 Å². The number of rotatable bonds is 2. The molecular weight excluding hydrogens is 334 g/mol. The molecule has 2 atom stereocenters. The zero-order valence-electron chi connectivity index (χ0n) is 16.6. The Morgan fingerprint density at radius 2 is 1.85 bits per heavy atom. The fraction of sp³-hybridized carbons (Fsp3) is 0.545. The van der Waals surface area contributed by atoms with Gasteiger partial charge in [-0.1, -0.05) is 39.0 Å². The first kappa shape index (κ1) is 16.8. The van der Waals surface area contributed by atoms with Gasteiger partial charge in [0, 0.05) is 24.8 Å². The average Bonchev–Trinajstić information content (AvgIpc) is 3.13. The van der Waals surface area contributed by atoms with Gasteiger partial charge >= 0.3 is 0 Å². The maximum Gasteiger partial charge on any atom is 0.161 e. The van der Waals surface area contributed by atoms with Crippen LogP contribution in [-0.4, -0.2) is 29.1 Å². The second-order valence-electron chi connectivity index (χ2n) is 9.81. The highest BCUT2D eigenvalue weighted by Gasteiger charge is 2.50. The number of hydrogen-bond donors (Lipinski definition) is 1. The van der Waals surface area contributed by atoms with Gasteiger partial charge < -0.3 is 15.5 Å². The van der Waals surface area contributed by atoms with Crippen molar-refractivity contribution in [3.05, 3.63) is 36.2 Å². The minimum Gasteiger partial charge on any atom is -0.393 e. The number of para-hydroxylation sites is 1. The van der Waals surface area contributed by atoms with Crippen molar-refractivity contribution >= 4 is 23.0 Å². The Kier molecular flexibility index (Phi) is 3.49. The molecule has 0 spiro atoms. The van der Waals surface area contributed by atoms with Gasteiger partial charge in [-0.2, -0.15) is 0 Å². The first-order valence-electron chi connectivity index (χ1n) is 10.1. The summed E-state index contributed by atoms with van der Waals surface area (Å²) in [5, 5.41) is 0. The number of fused-ring (bicyclic) bond motifs is 3. The van der Waals surface area contributed by atoms with E-state index in [9.17, 15) is 0 Å². The molecule has 5 heteroatoms. The highest BCUT2D eigenvalue weighted by atomic mass is 15.3. The van der Waals surface area contributed by atoms with Crippen molar-refractivity contribution in [3.63, 3.8) is 0 Å². The van der Waals surface area contributed by atoms with Crippen LogP contribution in [0.5, 0.6) is 0 Å². The van der Waals surface area contributed by atoms with Crippen LogP contribution in [-0.2, 0) is 6.42 Å². The van der Waals surface area contributed by atoms with E-state index in [2.05, 4.69) is 64.8 Å². The van der Waals surface area contributed by atoms with Crippen LogP contribution < -0.4 is 15.5 Å². The summed E-state index contributed by atoms with van der Waals surface area (Å²) >= 11 is 0. The topological polar surface area (TPSA) is 58.3 Å². The number of benzene rings is 1. The van der Waals surface area contributed by atoms with Gasteiger partial charge in [-0.3, -0.25) is 0 Å². The molecule has 2 N–H and O–H groups in total. The van der Waals surface area contributed by atoms with Crippen molar-refractivity contribution in [2.24, 2.45) is 10.8 Å². The summed E-state index contributed by atoms with van der Waals surface area (Å²) in [4.78, 5) is 14.0. The van der Waals surface area contributed by atoms with E-state index in [1.807, 2.05) is 0 Å². The molecule has 0 amide bonds. The van der Waals surface area contributed by atoms with E-state index in [1.165, 1.54) is 30.5 Å². The molecule has 2 aromatic rings. The van der Waals surface area contributed by atoms with Crippen LogP contribution in [0.15, 0.2) is 30.6 Å². The molecule has 3 heterocycles. The summed E-state index contributed by atoms with van der Waals surface area (Å²) in [6.45, 7) is 9.19. The molecule has 1 aromatic carbocycles. The molecule has 0 radical (unpaired) electrons. The Morgan fingerprint density at radius 1 is 1.07 bits per heavy atom. The highest BCUT2D eigenvalue weighted by molar-refractivity contribution is 5.82. The van der Waals surface area contributed by atoms with Crippen LogP contribution in [0.25, 0.3) is 0 Å². The lowest BCUT2D eigenvalue weighted by atomic mass is 9.65. The molecule has 5 rings (SSSR count). The molecule has 142 valence electrons. The summed E-state index contributed by atoms with van der Waals surface area (Å²) in [6, 6.07) is 9.07. The van der Waals surface area contributed by atoms with E-state index >= 15 is 0 Å². The van der Waals surface area contributed by atoms with Crippen LogP contribution in [0.1, 0.15) is 45.6 Å². The molecule has 1 aliphatic carbocycles. The third kappa shape index (κ3) is 2.67. The molecule has 3 aliphatic rings. The summed E-state index contributed by atoms with van der Waals surface area (Å²) in [7, 11) is 0. The van der Waals surface area contributed by atoms with Crippen molar-refractivity contribution in [1.82, 2.24) is 9.97 Å². The third-order valence-electron chi connectivity index (χ3n) is 6.67. The second kappa shape index (κ2) is 5.60. The molecule has 1 saturated heterocycles. The van der Waals surface area contributed by atoms with Crippen molar-refractivity contribution in [3.8, 4) is 0 Å². The van der Waals surface area contributed by atoms with E-state index < -0.39 is 0 Å². The Hall–Kier alpha value is -2.30. The fourth-order valence-electron chi connectivity index (χ4n) is 6.09. The molecule has 5 nitrogen and oxygen atoms in total. The predicted octanol–water partition coefficient (Wildman–Crippen LogP) is 4.16. The molecule has 2 aliphatic heterocycles. The number of hydrogen-bond acceptors (Lipinski definition) is 5. The van der Waals surface area contributed by atoms with Gasteiger partial charge in [-0.25, -0.2) is 9.97 Å². The predicted molar refractivity (Wildman–Crippen MR) is 110 cm³/mol. The van der Waals surface area contributed by atoms with Crippen LogP contribution >= 0.6 is 0 Å². The van der Waals surface area contributed by atoms with Gasteiger partial charge in [0.1, 0.15) is 12.0 Å². The normalized spacial score (nSPS) is 28.5. The molecule has 27 heavy (non-hydrogen) atoms. The van der Waals surface area contributed by atoms with Crippen molar-refractivity contribution in [1.29, 1.82) is 0 Å². The maximum absolute atomic E-state index is 6.69. The Morgan fingerprint density at radius 3 is 2.70 bits per heavy atom. The lowest BCUT2D eigenvalue weighted by Crippen LogP contribution is -2.35. The van der Waals surface area contributed by atoms with Crippen molar-refractivity contribution in [2.75, 3.05) is 28.6 Å². The van der Waals surface area contributed by atoms with Crippen LogP contribution in [0, 0.1) is 10.8 Å². The molecule has 2 bridgehead atoms. The minimum atomic E-state index is 0.351. The Balaban J connectivity index is 1.52. The molecule has 1 saturated carbocycles. The van der Waals surface area contributed by atoms with Gasteiger partial charge in [0.15, 0.2) is 11.6 Å². The van der Waals surface area contributed by atoms with Crippen LogP contribution in [0.2, 0.25) is 0 Å². The first-order chi connectivity index (χ1) is 12.9. The lowest BCUT2D eigenvalue weighted by Gasteiger charge is -2.39. The quantitative estimate of drug-likeness (QED) is 0.868. The monoisotopic (exact) mass is 363 g/mol. The number of nitrogens with two attached hydrogens (primary N) is 1. The van der Waals surface area contributed by atoms with Gasteiger partial charge in [0.25, 0.3) is 0 Å². The number of nitrogens with zero attached hydrogens (tertiary/aromatic N) is 4. The molecule has 2 unspecified atom stereocenters. The molecule has 1 aromatic heterocycles. The number of nitrogen functional groups attached to an aromatic ring is 1. The molecular formula is C22H29N5. The van der Waals surface area contributed by atoms with E-state index in [1.54, 1.807) is 6.33 Å². The van der Waals surface area contributed by atoms with Gasteiger partial charge in [-0.15, -0.1) is 0 Å². The summed E-state index contributed by atoms with van der Waals surface area (Å²) in [5.41, 5.74) is 10.7. The summed E-state index contributed by atoms with van der Waals surface area (Å²) in [5.74, 6) is 1.78. The standard InChI is InChI=1S/C22H29N5/c1-21(2)10-16-11-22(3,12-21)13-27(16)20-18(23)19(24-14-25-20)26-9-8-15-6-4-5-7-17(15)26/h4-7,14,16H,8-13,23H2,1-3H3. The highest BCUT2D eigenvalue weighted by Crippen LogP contribution is 2.54. The number of anilines is 4. The summed E-state index contributed by atoms with van der Waals surface area (Å²) < 4.78 is 0. The first-order valence-corrected chi connectivity index (χ1v) is 10.1. The fourth-order valence-corrected chi connectivity index (χ4v) is 6.09. The Bertz CT molecular complexity index is 892. The Labute approximate surface area is 161 Å². The molecule has 2 fully saturated rings. The zero-order chi connectivity index (χ0) is 18.8. The van der Waals surface area contributed by atoms with Crippen LogP contribution in [0.3, 0.4) is 0 Å². The second-order valence-corrected chi connectivity index (χ2v) is 9.81. The van der Waals surface area contributed by atoms with Crippen LogP contribution in [0.4, 0.5) is 23.0 Å². The average molecular weight is 364 g/mol. The third-order valence-corrected chi connectivity index (χ3v) is 6.67. The van der Waals surface area contributed by atoms with Gasteiger partial charge in [0.05, 0.1) is 0 Å². The van der Waals surface area contributed by atoms with E-state index in [0.29, 0.717) is 16.9 Å². The maximum atomic E-state index is 6.69. The zero-order valence-corrected chi connectivity index (χ0v) is 16.6. The van der Waals surface area contributed by atoms with E-state index in [0.717, 1.165) is 36.8 Å². The SMILES string of the molecule is CC1(C)CC2CC(C)(CN2c2ncnc(N3CCc4ccccc43)c2N)C1. The smallest absolute Gasteiger partial charge is 0.161 e. The van der Waals surface area contributed by atoms with Crippen molar-refractivity contribution in [2.45, 2.75) is 52.5 Å². The minimum absolute atomic E-state index is 0.351. The summed E-state index contributed by atoms with van der Waals surface area (Å²) in [6.07, 6.45) is 6.44. The van der Waals surface area contributed by atoms with Crippen molar-refractivity contribution < 1.29 is 0 Å². The van der Waals surface area contributed by atoms with Gasteiger partial charge in [-0.05, 0) is 48.1 Å². The number of aromatic nitrogens is 2. The van der Waals surface area contributed by atoms with Gasteiger partial charge in [0.2, 0.25) is 0 Å². The largest absolute Gasteiger partial charge is 0.393 e. The van der Waals surface area contributed by atoms with E-state index in [4.69, 9.17) is 5.73 Å². The lowest BCUT2D eigenvalue weighted by molar-refractivity contribution is 0.136.